The molecule has 0 bridgehead atoms. The number of likely N-dealkylation sites (N-methyl/N-ethyl adjacent to an activating group) is 1. The van der Waals surface area contributed by atoms with Crippen LogP contribution in [-0.2, 0) is 6.42 Å². The molecular weight excluding hydrogens is 274 g/mol. The largest absolute Gasteiger partial charge is 0.504 e. The fraction of sp³-hybridized carbons (Fsp3) is 0.263. The third-order valence-electron chi connectivity index (χ3n) is 4.10. The molecule has 22 heavy (non-hydrogen) atoms. The topological polar surface area (TPSA) is 32.7 Å². The number of hydrogen-bond acceptors (Lipinski definition) is 3. The van der Waals surface area contributed by atoms with Crippen molar-refractivity contribution >= 4 is 21.5 Å². The molecule has 0 aromatic heterocycles. The second-order valence-electron chi connectivity index (χ2n) is 5.85. The third kappa shape index (κ3) is 2.48. The Labute approximate surface area is 130 Å². The summed E-state index contributed by atoms with van der Waals surface area (Å²) >= 11 is 0. The zero-order valence-electron chi connectivity index (χ0n) is 13.3. The van der Waals surface area contributed by atoms with Crippen LogP contribution in [0.4, 0.5) is 0 Å². The Morgan fingerprint density at radius 1 is 1.05 bits per heavy atom. The SMILES string of the molecule is COc1cc(CCN(C)C)c2ccc3ccccc3c2c1O. The highest BCUT2D eigenvalue weighted by molar-refractivity contribution is 6.12. The van der Waals surface area contributed by atoms with Gasteiger partial charge in [-0.1, -0.05) is 36.4 Å². The average Bonchev–Trinajstić information content (AvgIpc) is 2.53. The standard InChI is InChI=1S/C19H21NO2/c1-20(2)11-10-14-12-17(22-3)19(21)18-15-7-5-4-6-13(15)8-9-16(14)18/h4-9,12,21H,10-11H2,1-3H3. The van der Waals surface area contributed by atoms with Gasteiger partial charge >= 0.3 is 0 Å². The smallest absolute Gasteiger partial charge is 0.166 e. The molecule has 3 aromatic rings. The number of ether oxygens (including phenoxy) is 1. The number of aromatic hydroxyl groups is 1. The second-order valence-corrected chi connectivity index (χ2v) is 5.85. The van der Waals surface area contributed by atoms with E-state index in [1.165, 1.54) is 5.56 Å². The maximum atomic E-state index is 10.6. The van der Waals surface area contributed by atoms with Crippen LogP contribution in [0.3, 0.4) is 0 Å². The van der Waals surface area contributed by atoms with Crippen molar-refractivity contribution in [3.05, 3.63) is 48.0 Å². The predicted molar refractivity (Wildman–Crippen MR) is 91.9 cm³/mol. The number of hydrogen-bond donors (Lipinski definition) is 1. The molecule has 114 valence electrons. The van der Waals surface area contributed by atoms with E-state index < -0.39 is 0 Å². The van der Waals surface area contributed by atoms with Crippen molar-refractivity contribution in [2.45, 2.75) is 6.42 Å². The Morgan fingerprint density at radius 2 is 1.82 bits per heavy atom. The summed E-state index contributed by atoms with van der Waals surface area (Å²) in [7, 11) is 5.73. The Balaban J connectivity index is 2.32. The van der Waals surface area contributed by atoms with Crippen LogP contribution < -0.4 is 4.74 Å². The minimum absolute atomic E-state index is 0.225. The molecule has 0 aliphatic rings. The van der Waals surface area contributed by atoms with Crippen molar-refractivity contribution in [1.82, 2.24) is 4.90 Å². The molecule has 0 aliphatic carbocycles. The van der Waals surface area contributed by atoms with Gasteiger partial charge in [-0.15, -0.1) is 0 Å². The number of phenols is 1. The molecule has 3 aromatic carbocycles. The number of phenolic OH excluding ortho intramolecular Hbond substituents is 1. The summed E-state index contributed by atoms with van der Waals surface area (Å²) in [5, 5.41) is 14.8. The van der Waals surface area contributed by atoms with Crippen LogP contribution in [0.15, 0.2) is 42.5 Å². The molecule has 0 unspecified atom stereocenters. The van der Waals surface area contributed by atoms with E-state index in [2.05, 4.69) is 37.2 Å². The first-order valence-electron chi connectivity index (χ1n) is 7.47. The van der Waals surface area contributed by atoms with Crippen LogP contribution in [0.1, 0.15) is 5.56 Å². The molecule has 0 radical (unpaired) electrons. The fourth-order valence-corrected chi connectivity index (χ4v) is 2.93. The second kappa shape index (κ2) is 5.85. The number of methoxy groups -OCH3 is 1. The first kappa shape index (κ1) is 14.7. The van der Waals surface area contributed by atoms with Gasteiger partial charge in [0.2, 0.25) is 0 Å². The summed E-state index contributed by atoms with van der Waals surface area (Å²) in [5.41, 5.74) is 1.20. The van der Waals surface area contributed by atoms with Gasteiger partial charge in [0.1, 0.15) is 0 Å². The molecule has 0 atom stereocenters. The summed E-state index contributed by atoms with van der Waals surface area (Å²) in [6.07, 6.45) is 0.915. The Morgan fingerprint density at radius 3 is 2.55 bits per heavy atom. The summed E-state index contributed by atoms with van der Waals surface area (Å²) in [6.45, 7) is 0.954. The van der Waals surface area contributed by atoms with Crippen LogP contribution in [-0.4, -0.2) is 37.8 Å². The number of benzene rings is 3. The van der Waals surface area contributed by atoms with Gasteiger partial charge in [0, 0.05) is 11.9 Å². The van der Waals surface area contributed by atoms with E-state index in [0.29, 0.717) is 5.75 Å². The Kier molecular flexibility index (Phi) is 3.90. The van der Waals surface area contributed by atoms with Gasteiger partial charge in [-0.3, -0.25) is 0 Å². The van der Waals surface area contributed by atoms with Crippen molar-refractivity contribution in [2.75, 3.05) is 27.7 Å². The van der Waals surface area contributed by atoms with Gasteiger partial charge < -0.3 is 14.7 Å². The summed E-state index contributed by atoms with van der Waals surface area (Å²) in [4.78, 5) is 2.16. The lowest BCUT2D eigenvalue weighted by atomic mass is 9.95. The van der Waals surface area contributed by atoms with E-state index in [9.17, 15) is 5.11 Å². The minimum atomic E-state index is 0.225. The first-order valence-corrected chi connectivity index (χ1v) is 7.47. The lowest BCUT2D eigenvalue weighted by Gasteiger charge is -2.16. The average molecular weight is 295 g/mol. The maximum absolute atomic E-state index is 10.6. The highest BCUT2D eigenvalue weighted by Crippen LogP contribution is 2.41. The van der Waals surface area contributed by atoms with Crippen molar-refractivity contribution in [3.63, 3.8) is 0 Å². The van der Waals surface area contributed by atoms with Crippen molar-refractivity contribution in [3.8, 4) is 11.5 Å². The Hall–Kier alpha value is -2.26. The van der Waals surface area contributed by atoms with Gasteiger partial charge in [-0.05, 0) is 48.3 Å². The minimum Gasteiger partial charge on any atom is -0.504 e. The lowest BCUT2D eigenvalue weighted by molar-refractivity contribution is 0.375. The molecule has 0 saturated carbocycles. The van der Waals surface area contributed by atoms with Crippen molar-refractivity contribution < 1.29 is 9.84 Å². The normalized spacial score (nSPS) is 11.5. The molecule has 0 spiro atoms. The van der Waals surface area contributed by atoms with E-state index in [1.54, 1.807) is 7.11 Å². The first-order chi connectivity index (χ1) is 10.6. The van der Waals surface area contributed by atoms with E-state index in [1.807, 2.05) is 24.3 Å². The number of rotatable bonds is 4. The summed E-state index contributed by atoms with van der Waals surface area (Å²) < 4.78 is 5.39. The quantitative estimate of drug-likeness (QED) is 0.743. The monoisotopic (exact) mass is 295 g/mol. The van der Waals surface area contributed by atoms with Gasteiger partial charge in [0.15, 0.2) is 11.5 Å². The fourth-order valence-electron chi connectivity index (χ4n) is 2.93. The van der Waals surface area contributed by atoms with E-state index >= 15 is 0 Å². The van der Waals surface area contributed by atoms with Crippen LogP contribution in [0, 0.1) is 0 Å². The molecule has 3 rings (SSSR count). The predicted octanol–water partition coefficient (Wildman–Crippen LogP) is 3.81. The van der Waals surface area contributed by atoms with Crippen LogP contribution in [0.25, 0.3) is 21.5 Å². The molecular formula is C19H21NO2. The molecule has 3 heteroatoms. The van der Waals surface area contributed by atoms with Crippen molar-refractivity contribution in [2.24, 2.45) is 0 Å². The van der Waals surface area contributed by atoms with E-state index in [-0.39, 0.29) is 5.75 Å². The highest BCUT2D eigenvalue weighted by atomic mass is 16.5. The number of fused-ring (bicyclic) bond motifs is 3. The summed E-state index contributed by atoms with van der Waals surface area (Å²) in [5.74, 6) is 0.764. The van der Waals surface area contributed by atoms with Crippen LogP contribution >= 0.6 is 0 Å². The molecule has 0 fully saturated rings. The van der Waals surface area contributed by atoms with Gasteiger partial charge in [0.05, 0.1) is 7.11 Å². The number of nitrogens with zero attached hydrogens (tertiary/aromatic N) is 1. The van der Waals surface area contributed by atoms with E-state index in [0.717, 1.165) is 34.5 Å². The molecule has 1 N–H and O–H groups in total. The zero-order valence-corrected chi connectivity index (χ0v) is 13.3. The maximum Gasteiger partial charge on any atom is 0.166 e. The van der Waals surface area contributed by atoms with Crippen molar-refractivity contribution in [1.29, 1.82) is 0 Å². The molecule has 0 amide bonds. The summed E-state index contributed by atoms with van der Waals surface area (Å²) in [6, 6.07) is 14.3. The van der Waals surface area contributed by atoms with E-state index in [4.69, 9.17) is 4.74 Å². The highest BCUT2D eigenvalue weighted by Gasteiger charge is 2.14. The van der Waals surface area contributed by atoms with Gasteiger partial charge in [-0.25, -0.2) is 0 Å². The molecule has 0 heterocycles. The van der Waals surface area contributed by atoms with Crippen LogP contribution in [0.5, 0.6) is 11.5 Å². The Bertz CT molecular complexity index is 824. The lowest BCUT2D eigenvalue weighted by Crippen LogP contribution is -2.15. The van der Waals surface area contributed by atoms with Crippen LogP contribution in [0.2, 0.25) is 0 Å². The van der Waals surface area contributed by atoms with Gasteiger partial charge in [0.25, 0.3) is 0 Å². The molecule has 0 aliphatic heterocycles. The molecule has 3 nitrogen and oxygen atoms in total. The van der Waals surface area contributed by atoms with Gasteiger partial charge in [-0.2, -0.15) is 0 Å². The third-order valence-corrected chi connectivity index (χ3v) is 4.10. The zero-order chi connectivity index (χ0) is 15.7. The molecule has 0 saturated heterocycles.